The number of carboxylic acids is 1. The van der Waals surface area contributed by atoms with Crippen LogP contribution in [0.15, 0.2) is 42.5 Å². The molecule has 2 aromatic carbocycles. The minimum atomic E-state index is -1.11. The van der Waals surface area contributed by atoms with Gasteiger partial charge in [-0.25, -0.2) is 8.78 Å². The number of hydrogen-bond donors (Lipinski definition) is 2. The van der Waals surface area contributed by atoms with Crippen molar-refractivity contribution < 1.29 is 18.7 Å². The number of carbonyl (C=O) groups is 1. The number of nitrogens with two attached hydrogens (primary N) is 1. The Morgan fingerprint density at radius 3 is 2.44 bits per heavy atom. The van der Waals surface area contributed by atoms with Gasteiger partial charge in [-0.15, -0.1) is 11.8 Å². The number of thioether (sulfide) groups is 1. The fraction of sp³-hybridized carbons (Fsp3) is 0.316. The molecule has 2 rings (SSSR count). The summed E-state index contributed by atoms with van der Waals surface area (Å²) in [5.74, 6) is -2.29. The standard InChI is InChI=1S/C19H21F2NO2S/c1-2-3-12-4-6-13(7-5-12)18(25-11-17(22)19(23)24)15-9-8-14(20)10-16(15)21/h4-10,17-18H,2-3,11,22H2,1H3,(H,23,24). The smallest absolute Gasteiger partial charge is 0.321 e. The van der Waals surface area contributed by atoms with Crippen molar-refractivity contribution in [2.45, 2.75) is 31.1 Å². The maximum atomic E-state index is 14.3. The molecule has 0 aliphatic carbocycles. The third-order valence-corrected chi connectivity index (χ3v) is 5.24. The van der Waals surface area contributed by atoms with Crippen molar-refractivity contribution in [2.75, 3.05) is 5.75 Å². The molecule has 3 N–H and O–H groups in total. The van der Waals surface area contributed by atoms with Crippen molar-refractivity contribution in [3.05, 3.63) is 70.8 Å². The van der Waals surface area contributed by atoms with Gasteiger partial charge < -0.3 is 10.8 Å². The summed E-state index contributed by atoms with van der Waals surface area (Å²) in [6.45, 7) is 2.09. The zero-order valence-electron chi connectivity index (χ0n) is 13.9. The lowest BCUT2D eigenvalue weighted by molar-refractivity contribution is -0.137. The van der Waals surface area contributed by atoms with E-state index in [9.17, 15) is 13.6 Å². The van der Waals surface area contributed by atoms with Gasteiger partial charge in [-0.1, -0.05) is 43.7 Å². The quantitative estimate of drug-likeness (QED) is 0.738. The average molecular weight is 365 g/mol. The Kier molecular flexibility index (Phi) is 6.96. The molecule has 6 heteroatoms. The maximum absolute atomic E-state index is 14.3. The zero-order chi connectivity index (χ0) is 18.4. The highest BCUT2D eigenvalue weighted by Gasteiger charge is 2.22. The molecule has 25 heavy (non-hydrogen) atoms. The minimum Gasteiger partial charge on any atom is -0.480 e. The predicted molar refractivity (Wildman–Crippen MR) is 96.7 cm³/mol. The van der Waals surface area contributed by atoms with Crippen molar-refractivity contribution in [2.24, 2.45) is 5.73 Å². The normalized spacial score (nSPS) is 13.4. The van der Waals surface area contributed by atoms with Crippen molar-refractivity contribution in [3.8, 4) is 0 Å². The summed E-state index contributed by atoms with van der Waals surface area (Å²) in [5.41, 5.74) is 7.89. The highest BCUT2D eigenvalue weighted by atomic mass is 32.2. The van der Waals surface area contributed by atoms with Crippen molar-refractivity contribution in [3.63, 3.8) is 0 Å². The summed E-state index contributed by atoms with van der Waals surface area (Å²) >= 11 is 1.24. The third-order valence-electron chi connectivity index (χ3n) is 3.83. The van der Waals surface area contributed by atoms with Crippen LogP contribution in [0.1, 0.15) is 35.3 Å². The highest BCUT2D eigenvalue weighted by Crippen LogP contribution is 2.37. The second kappa shape index (κ2) is 8.97. The molecule has 0 spiro atoms. The molecule has 0 saturated heterocycles. The number of aliphatic carboxylic acids is 1. The molecule has 0 radical (unpaired) electrons. The van der Waals surface area contributed by atoms with E-state index in [0.717, 1.165) is 24.5 Å². The Balaban J connectivity index is 2.32. The number of benzene rings is 2. The molecule has 0 fully saturated rings. The molecule has 0 bridgehead atoms. The molecular weight excluding hydrogens is 344 g/mol. The van der Waals surface area contributed by atoms with Crippen molar-refractivity contribution >= 4 is 17.7 Å². The summed E-state index contributed by atoms with van der Waals surface area (Å²) in [6.07, 6.45) is 1.98. The lowest BCUT2D eigenvalue weighted by atomic mass is 10.0. The van der Waals surface area contributed by atoms with Crippen LogP contribution in [0.3, 0.4) is 0 Å². The van der Waals surface area contributed by atoms with Crippen LogP contribution >= 0.6 is 11.8 Å². The number of aryl methyl sites for hydroxylation is 1. The molecule has 2 unspecified atom stereocenters. The van der Waals surface area contributed by atoms with Gasteiger partial charge in [-0.3, -0.25) is 4.79 Å². The first-order valence-corrected chi connectivity index (χ1v) is 9.11. The van der Waals surface area contributed by atoms with E-state index in [0.29, 0.717) is 5.56 Å². The first-order valence-electron chi connectivity index (χ1n) is 8.06. The topological polar surface area (TPSA) is 63.3 Å². The van der Waals surface area contributed by atoms with Gasteiger partial charge >= 0.3 is 5.97 Å². The van der Waals surface area contributed by atoms with Gasteiger partial charge in [0, 0.05) is 17.4 Å². The predicted octanol–water partition coefficient (Wildman–Crippen LogP) is 4.15. The largest absolute Gasteiger partial charge is 0.480 e. The molecule has 0 aliphatic heterocycles. The summed E-state index contributed by atoms with van der Waals surface area (Å²) in [6, 6.07) is 10.1. The van der Waals surface area contributed by atoms with Gasteiger partial charge in [0.25, 0.3) is 0 Å². The summed E-state index contributed by atoms with van der Waals surface area (Å²) in [7, 11) is 0. The molecule has 0 aliphatic rings. The van der Waals surface area contributed by atoms with Crippen LogP contribution in [0.2, 0.25) is 0 Å². The fourth-order valence-corrected chi connectivity index (χ4v) is 3.76. The van der Waals surface area contributed by atoms with Gasteiger partial charge in [0.15, 0.2) is 0 Å². The molecule has 0 amide bonds. The second-order valence-corrected chi connectivity index (χ2v) is 6.95. The molecule has 0 heterocycles. The van der Waals surface area contributed by atoms with E-state index in [-0.39, 0.29) is 5.75 Å². The molecule has 2 aromatic rings. The highest BCUT2D eigenvalue weighted by molar-refractivity contribution is 7.99. The van der Waals surface area contributed by atoms with Crippen LogP contribution < -0.4 is 5.73 Å². The van der Waals surface area contributed by atoms with E-state index in [1.165, 1.54) is 29.5 Å². The Hall–Kier alpha value is -1.92. The SMILES string of the molecule is CCCc1ccc(C(SCC(N)C(=O)O)c2ccc(F)cc2F)cc1. The van der Waals surface area contributed by atoms with Crippen LogP contribution in [0.4, 0.5) is 8.78 Å². The Labute approximate surface area is 150 Å². The molecule has 0 aromatic heterocycles. The van der Waals surface area contributed by atoms with E-state index >= 15 is 0 Å². The van der Waals surface area contributed by atoms with Gasteiger partial charge in [-0.05, 0) is 23.6 Å². The van der Waals surface area contributed by atoms with Crippen LogP contribution in [0, 0.1) is 11.6 Å². The van der Waals surface area contributed by atoms with E-state index in [4.69, 9.17) is 10.8 Å². The number of carboxylic acid groups (broad SMARTS) is 1. The summed E-state index contributed by atoms with van der Waals surface area (Å²) in [5, 5.41) is 8.50. The first-order chi connectivity index (χ1) is 11.9. The average Bonchev–Trinajstić information content (AvgIpc) is 2.57. The van der Waals surface area contributed by atoms with Gasteiger partial charge in [0.05, 0.1) is 5.25 Å². The lowest BCUT2D eigenvalue weighted by Crippen LogP contribution is -2.32. The maximum Gasteiger partial charge on any atom is 0.321 e. The van der Waals surface area contributed by atoms with E-state index in [1.807, 2.05) is 24.3 Å². The number of hydrogen-bond acceptors (Lipinski definition) is 3. The monoisotopic (exact) mass is 365 g/mol. The summed E-state index contributed by atoms with van der Waals surface area (Å²) < 4.78 is 27.5. The van der Waals surface area contributed by atoms with Crippen LogP contribution in [0.25, 0.3) is 0 Å². The molecule has 134 valence electrons. The Morgan fingerprint density at radius 2 is 1.88 bits per heavy atom. The fourth-order valence-electron chi connectivity index (χ4n) is 2.50. The molecule has 3 nitrogen and oxygen atoms in total. The van der Waals surface area contributed by atoms with E-state index in [2.05, 4.69) is 6.92 Å². The lowest BCUT2D eigenvalue weighted by Gasteiger charge is -2.20. The van der Waals surface area contributed by atoms with Gasteiger partial charge in [0.1, 0.15) is 17.7 Å². The Bertz CT molecular complexity index is 722. The van der Waals surface area contributed by atoms with Gasteiger partial charge in [0.2, 0.25) is 0 Å². The van der Waals surface area contributed by atoms with Crippen molar-refractivity contribution in [1.29, 1.82) is 0 Å². The first kappa shape index (κ1) is 19.4. The van der Waals surface area contributed by atoms with Crippen LogP contribution in [-0.2, 0) is 11.2 Å². The molecule has 2 atom stereocenters. The minimum absolute atomic E-state index is 0.119. The summed E-state index contributed by atoms with van der Waals surface area (Å²) in [4.78, 5) is 11.0. The third kappa shape index (κ3) is 5.28. The van der Waals surface area contributed by atoms with E-state index < -0.39 is 28.9 Å². The number of rotatable bonds is 8. The molecule has 0 saturated carbocycles. The van der Waals surface area contributed by atoms with Gasteiger partial charge in [-0.2, -0.15) is 0 Å². The zero-order valence-corrected chi connectivity index (χ0v) is 14.7. The van der Waals surface area contributed by atoms with Crippen molar-refractivity contribution in [1.82, 2.24) is 0 Å². The second-order valence-electron chi connectivity index (χ2n) is 5.82. The molecular formula is C19H21F2NO2S. The Morgan fingerprint density at radius 1 is 1.20 bits per heavy atom. The number of halogens is 2. The van der Waals surface area contributed by atoms with Crippen LogP contribution in [0.5, 0.6) is 0 Å². The van der Waals surface area contributed by atoms with E-state index in [1.54, 1.807) is 0 Å². The van der Waals surface area contributed by atoms with Crippen LogP contribution in [-0.4, -0.2) is 22.9 Å².